The molecule has 4 aliphatic rings. The van der Waals surface area contributed by atoms with Crippen LogP contribution >= 0.6 is 0 Å². The summed E-state index contributed by atoms with van der Waals surface area (Å²) in [6, 6.07) is 7.86. The first-order chi connectivity index (χ1) is 12.2. The van der Waals surface area contributed by atoms with Crippen LogP contribution in [-0.2, 0) is 0 Å². The second-order valence-corrected chi connectivity index (χ2v) is 8.00. The summed E-state index contributed by atoms with van der Waals surface area (Å²) in [5.41, 5.74) is 5.96. The van der Waals surface area contributed by atoms with Crippen molar-refractivity contribution in [1.82, 2.24) is 5.43 Å². The highest BCUT2D eigenvalue weighted by atomic mass is 16.2. The minimum absolute atomic E-state index is 0.0904. The predicted octanol–water partition coefficient (Wildman–Crippen LogP) is 4.07. The van der Waals surface area contributed by atoms with Gasteiger partial charge in [0.25, 0.3) is 5.91 Å². The van der Waals surface area contributed by atoms with E-state index in [1.807, 2.05) is 24.3 Å². The lowest BCUT2D eigenvalue weighted by atomic mass is 9.55. The molecular formula is C21H29N3O. The zero-order chi connectivity index (χ0) is 17.4. The summed E-state index contributed by atoms with van der Waals surface area (Å²) < 4.78 is 0. The molecule has 5 rings (SSSR count). The Kier molecular flexibility index (Phi) is 4.53. The van der Waals surface area contributed by atoms with Gasteiger partial charge in [0, 0.05) is 30.1 Å². The Morgan fingerprint density at radius 2 is 1.56 bits per heavy atom. The van der Waals surface area contributed by atoms with Crippen LogP contribution in [-0.4, -0.2) is 24.7 Å². The molecule has 134 valence electrons. The van der Waals surface area contributed by atoms with Gasteiger partial charge >= 0.3 is 0 Å². The highest BCUT2D eigenvalue weighted by molar-refractivity contribution is 5.97. The molecule has 1 aromatic rings. The summed E-state index contributed by atoms with van der Waals surface area (Å²) in [5.74, 6) is 3.00. The van der Waals surface area contributed by atoms with E-state index in [1.54, 1.807) is 0 Å². The molecule has 4 bridgehead atoms. The highest BCUT2D eigenvalue weighted by Crippen LogP contribution is 2.52. The van der Waals surface area contributed by atoms with Gasteiger partial charge in [-0.2, -0.15) is 5.10 Å². The van der Waals surface area contributed by atoms with E-state index in [0.29, 0.717) is 17.4 Å². The predicted molar refractivity (Wildman–Crippen MR) is 102 cm³/mol. The second kappa shape index (κ2) is 6.81. The van der Waals surface area contributed by atoms with Crippen molar-refractivity contribution in [3.05, 3.63) is 29.8 Å². The Morgan fingerprint density at radius 1 is 1.00 bits per heavy atom. The topological polar surface area (TPSA) is 44.7 Å². The lowest BCUT2D eigenvalue weighted by molar-refractivity contribution is 0.0942. The highest BCUT2D eigenvalue weighted by Gasteiger charge is 2.46. The maximum absolute atomic E-state index is 12.5. The fraction of sp³-hybridized carbons (Fsp3) is 0.619. The van der Waals surface area contributed by atoms with Crippen LogP contribution in [0.1, 0.15) is 56.3 Å². The minimum atomic E-state index is -0.0904. The number of nitrogens with one attached hydrogen (secondary N) is 1. The average molecular weight is 339 g/mol. The molecule has 4 heteroatoms. The maximum Gasteiger partial charge on any atom is 0.271 e. The standard InChI is InChI=1S/C21H29N3O/c1-3-24(4-2)19-7-5-16(6-8-19)21(25)23-22-20-17-10-14-9-15(12-17)13-18(20)11-14/h5-8,14-15,17-18H,3-4,9-13H2,1-2H3,(H,23,25). The van der Waals surface area contributed by atoms with Crippen molar-refractivity contribution in [2.45, 2.75) is 46.0 Å². The summed E-state index contributed by atoms with van der Waals surface area (Å²) in [5, 5.41) is 4.60. The zero-order valence-corrected chi connectivity index (χ0v) is 15.4. The Labute approximate surface area is 150 Å². The molecular weight excluding hydrogens is 310 g/mol. The molecule has 0 radical (unpaired) electrons. The monoisotopic (exact) mass is 339 g/mol. The first-order valence-electron chi connectivity index (χ1n) is 9.90. The number of benzene rings is 1. The Balaban J connectivity index is 1.42. The molecule has 4 nitrogen and oxygen atoms in total. The molecule has 0 unspecified atom stereocenters. The van der Waals surface area contributed by atoms with Crippen molar-refractivity contribution in [2.75, 3.05) is 18.0 Å². The van der Waals surface area contributed by atoms with Crippen molar-refractivity contribution in [1.29, 1.82) is 0 Å². The third kappa shape index (κ3) is 3.19. The second-order valence-electron chi connectivity index (χ2n) is 8.00. The first kappa shape index (κ1) is 16.6. The number of rotatable bonds is 5. The lowest BCUT2D eigenvalue weighted by Gasteiger charge is -2.50. The number of hydrogen-bond donors (Lipinski definition) is 1. The normalized spacial score (nSPS) is 29.6. The Bertz CT molecular complexity index is 630. The van der Waals surface area contributed by atoms with Crippen LogP contribution in [0.15, 0.2) is 29.4 Å². The van der Waals surface area contributed by atoms with Gasteiger partial charge in [0.2, 0.25) is 0 Å². The van der Waals surface area contributed by atoms with E-state index in [4.69, 9.17) is 0 Å². The molecule has 4 fully saturated rings. The van der Waals surface area contributed by atoms with Crippen LogP contribution in [0.3, 0.4) is 0 Å². The van der Waals surface area contributed by atoms with E-state index < -0.39 is 0 Å². The summed E-state index contributed by atoms with van der Waals surface area (Å²) in [7, 11) is 0. The van der Waals surface area contributed by atoms with Crippen LogP contribution < -0.4 is 10.3 Å². The average Bonchev–Trinajstić information content (AvgIpc) is 2.62. The van der Waals surface area contributed by atoms with Gasteiger partial charge in [-0.25, -0.2) is 5.43 Å². The SMILES string of the molecule is CCN(CC)c1ccc(C(=O)NN=C2C3CC4CC(C3)CC2C4)cc1. The molecule has 0 aromatic heterocycles. The van der Waals surface area contributed by atoms with Gasteiger partial charge < -0.3 is 4.90 Å². The molecule has 4 saturated carbocycles. The number of nitrogens with zero attached hydrogens (tertiary/aromatic N) is 2. The van der Waals surface area contributed by atoms with Gasteiger partial charge in [-0.15, -0.1) is 0 Å². The third-order valence-corrected chi connectivity index (χ3v) is 6.52. The third-order valence-electron chi connectivity index (χ3n) is 6.52. The largest absolute Gasteiger partial charge is 0.372 e. The van der Waals surface area contributed by atoms with Crippen LogP contribution in [0, 0.1) is 23.7 Å². The van der Waals surface area contributed by atoms with Gasteiger partial charge in [0.1, 0.15) is 0 Å². The Morgan fingerprint density at radius 3 is 2.08 bits per heavy atom. The Hall–Kier alpha value is -1.84. The first-order valence-corrected chi connectivity index (χ1v) is 9.90. The summed E-state index contributed by atoms with van der Waals surface area (Å²) in [6.07, 6.45) is 6.60. The van der Waals surface area contributed by atoms with E-state index in [9.17, 15) is 4.79 Å². The molecule has 0 spiro atoms. The van der Waals surface area contributed by atoms with Crippen LogP contribution in [0.2, 0.25) is 0 Å². The molecule has 1 amide bonds. The van der Waals surface area contributed by atoms with Gasteiger partial charge in [0.15, 0.2) is 0 Å². The number of carbonyl (C=O) groups is 1. The van der Waals surface area contributed by atoms with Crippen LogP contribution in [0.25, 0.3) is 0 Å². The fourth-order valence-electron chi connectivity index (χ4n) is 5.44. The van der Waals surface area contributed by atoms with Gasteiger partial charge in [-0.3, -0.25) is 4.79 Å². The molecule has 0 saturated heterocycles. The number of carbonyl (C=O) groups excluding carboxylic acids is 1. The van der Waals surface area contributed by atoms with Gasteiger partial charge in [-0.05, 0) is 93.9 Å². The smallest absolute Gasteiger partial charge is 0.271 e. The van der Waals surface area contributed by atoms with E-state index in [2.05, 4.69) is 29.3 Å². The maximum atomic E-state index is 12.5. The number of hydrazone groups is 1. The fourth-order valence-corrected chi connectivity index (χ4v) is 5.44. The molecule has 1 aromatic carbocycles. The minimum Gasteiger partial charge on any atom is -0.372 e. The summed E-state index contributed by atoms with van der Waals surface area (Å²) in [4.78, 5) is 14.7. The van der Waals surface area contributed by atoms with E-state index in [1.165, 1.54) is 37.8 Å². The summed E-state index contributed by atoms with van der Waals surface area (Å²) in [6.45, 7) is 6.23. The van der Waals surface area contributed by atoms with Crippen molar-refractivity contribution >= 4 is 17.3 Å². The number of amides is 1. The van der Waals surface area contributed by atoms with Crippen LogP contribution in [0.5, 0.6) is 0 Å². The van der Waals surface area contributed by atoms with Crippen molar-refractivity contribution in [3.8, 4) is 0 Å². The van der Waals surface area contributed by atoms with E-state index in [-0.39, 0.29) is 5.91 Å². The quantitative estimate of drug-likeness (QED) is 0.822. The lowest BCUT2D eigenvalue weighted by Crippen LogP contribution is -2.46. The molecule has 0 atom stereocenters. The zero-order valence-electron chi connectivity index (χ0n) is 15.4. The van der Waals surface area contributed by atoms with Gasteiger partial charge in [0.05, 0.1) is 0 Å². The van der Waals surface area contributed by atoms with Crippen molar-refractivity contribution in [2.24, 2.45) is 28.8 Å². The molecule has 0 aliphatic heterocycles. The molecule has 25 heavy (non-hydrogen) atoms. The number of hydrogen-bond acceptors (Lipinski definition) is 3. The van der Waals surface area contributed by atoms with Crippen molar-refractivity contribution in [3.63, 3.8) is 0 Å². The molecule has 1 N–H and O–H groups in total. The van der Waals surface area contributed by atoms with E-state index in [0.717, 1.165) is 30.6 Å². The van der Waals surface area contributed by atoms with Crippen LogP contribution in [0.4, 0.5) is 5.69 Å². The van der Waals surface area contributed by atoms with Gasteiger partial charge in [-0.1, -0.05) is 0 Å². The summed E-state index contributed by atoms with van der Waals surface area (Å²) >= 11 is 0. The van der Waals surface area contributed by atoms with Crippen molar-refractivity contribution < 1.29 is 4.79 Å². The van der Waals surface area contributed by atoms with E-state index >= 15 is 0 Å². The number of anilines is 1. The molecule has 0 heterocycles. The molecule has 4 aliphatic carbocycles.